The van der Waals surface area contributed by atoms with Crippen molar-refractivity contribution in [2.75, 3.05) is 0 Å². The van der Waals surface area contributed by atoms with Crippen molar-refractivity contribution in [2.24, 2.45) is 5.92 Å². The molecule has 0 amide bonds. The highest BCUT2D eigenvalue weighted by molar-refractivity contribution is 9.10. The Bertz CT molecular complexity index is 383. The van der Waals surface area contributed by atoms with Crippen LogP contribution in [0.25, 0.3) is 0 Å². The summed E-state index contributed by atoms with van der Waals surface area (Å²) in [6, 6.07) is 5.65. The van der Waals surface area contributed by atoms with Crippen molar-refractivity contribution in [3.05, 3.63) is 34.3 Å². The number of hydrogen-bond acceptors (Lipinski definition) is 1. The number of alkyl halides is 3. The van der Waals surface area contributed by atoms with E-state index in [2.05, 4.69) is 15.9 Å². The Hall–Kier alpha value is -0.550. The molecular weight excluding hydrogens is 285 g/mol. The number of benzene rings is 1. The number of hydrogen-bond donors (Lipinski definition) is 1. The van der Waals surface area contributed by atoms with Crippen molar-refractivity contribution in [1.82, 2.24) is 0 Å². The smallest absolute Gasteiger partial charge is 0.376 e. The first-order chi connectivity index (χ1) is 7.35. The normalized spacial score (nSPS) is 20.6. The average Bonchev–Trinajstić information content (AvgIpc) is 2.99. The quantitative estimate of drug-likeness (QED) is 0.883. The first-order valence-electron chi connectivity index (χ1n) is 4.91. The van der Waals surface area contributed by atoms with Gasteiger partial charge in [-0.1, -0.05) is 28.1 Å². The minimum absolute atomic E-state index is 0.0781. The Morgan fingerprint density at radius 2 is 1.62 bits per heavy atom. The van der Waals surface area contributed by atoms with Crippen molar-refractivity contribution in [1.29, 1.82) is 0 Å². The molecule has 1 atom stereocenters. The molecule has 1 aliphatic rings. The lowest BCUT2D eigenvalue weighted by molar-refractivity contribution is -0.275. The van der Waals surface area contributed by atoms with Gasteiger partial charge < -0.3 is 5.11 Å². The van der Waals surface area contributed by atoms with Crippen LogP contribution in [-0.4, -0.2) is 11.3 Å². The minimum Gasteiger partial charge on any atom is -0.376 e. The first kappa shape index (κ1) is 11.9. The summed E-state index contributed by atoms with van der Waals surface area (Å²) in [5.74, 6) is -0.700. The molecule has 0 bridgehead atoms. The van der Waals surface area contributed by atoms with E-state index in [0.717, 1.165) is 0 Å². The Morgan fingerprint density at radius 1 is 1.12 bits per heavy atom. The van der Waals surface area contributed by atoms with Crippen molar-refractivity contribution in [2.45, 2.75) is 24.6 Å². The summed E-state index contributed by atoms with van der Waals surface area (Å²) in [5.41, 5.74) is -2.76. The fourth-order valence-corrected chi connectivity index (χ4v) is 2.10. The molecule has 1 saturated carbocycles. The summed E-state index contributed by atoms with van der Waals surface area (Å²) < 4.78 is 39.5. The van der Waals surface area contributed by atoms with E-state index in [0.29, 0.717) is 17.3 Å². The van der Waals surface area contributed by atoms with Crippen LogP contribution in [0, 0.1) is 5.92 Å². The topological polar surface area (TPSA) is 20.2 Å². The lowest BCUT2D eigenvalue weighted by Crippen LogP contribution is -2.44. The predicted octanol–water partition coefficient (Wildman–Crippen LogP) is 3.61. The van der Waals surface area contributed by atoms with E-state index in [1.165, 1.54) is 24.3 Å². The maximum absolute atomic E-state index is 12.9. The van der Waals surface area contributed by atoms with Crippen LogP contribution >= 0.6 is 15.9 Å². The SMILES string of the molecule is OC(c1ccc(Br)cc1)(C1CC1)C(F)(F)F. The van der Waals surface area contributed by atoms with Crippen LogP contribution in [0.3, 0.4) is 0 Å². The molecule has 0 aromatic heterocycles. The molecule has 1 aromatic rings. The molecule has 1 aliphatic carbocycles. The summed E-state index contributed by atoms with van der Waals surface area (Å²) in [4.78, 5) is 0. The molecule has 88 valence electrons. The highest BCUT2D eigenvalue weighted by Gasteiger charge is 2.62. The van der Waals surface area contributed by atoms with Crippen LogP contribution in [0.5, 0.6) is 0 Å². The number of rotatable bonds is 2. The van der Waals surface area contributed by atoms with Crippen molar-refractivity contribution in [3.63, 3.8) is 0 Å². The summed E-state index contributed by atoms with van der Waals surface area (Å²) in [6.45, 7) is 0. The second-order valence-corrected chi connectivity index (χ2v) is 4.96. The molecule has 1 fully saturated rings. The van der Waals surface area contributed by atoms with E-state index in [-0.39, 0.29) is 5.56 Å². The molecule has 1 unspecified atom stereocenters. The Labute approximate surface area is 99.4 Å². The third-order valence-corrected chi connectivity index (χ3v) is 3.41. The molecule has 16 heavy (non-hydrogen) atoms. The summed E-state index contributed by atoms with van der Waals surface area (Å²) in [7, 11) is 0. The zero-order valence-corrected chi connectivity index (χ0v) is 9.85. The third kappa shape index (κ3) is 1.86. The van der Waals surface area contributed by atoms with Gasteiger partial charge in [0.1, 0.15) is 0 Å². The van der Waals surface area contributed by atoms with Crippen LogP contribution in [0.2, 0.25) is 0 Å². The minimum atomic E-state index is -4.62. The highest BCUT2D eigenvalue weighted by atomic mass is 79.9. The van der Waals surface area contributed by atoms with Crippen molar-refractivity contribution in [3.8, 4) is 0 Å². The summed E-state index contributed by atoms with van der Waals surface area (Å²) in [6.07, 6.45) is -3.78. The highest BCUT2D eigenvalue weighted by Crippen LogP contribution is 2.54. The fourth-order valence-electron chi connectivity index (χ4n) is 1.84. The van der Waals surface area contributed by atoms with Gasteiger partial charge in [-0.25, -0.2) is 0 Å². The van der Waals surface area contributed by atoms with Crippen LogP contribution in [0.15, 0.2) is 28.7 Å². The van der Waals surface area contributed by atoms with E-state index >= 15 is 0 Å². The second kappa shape index (κ2) is 3.74. The molecule has 2 rings (SSSR count). The van der Waals surface area contributed by atoms with E-state index < -0.39 is 17.7 Å². The van der Waals surface area contributed by atoms with E-state index in [1.807, 2.05) is 0 Å². The van der Waals surface area contributed by atoms with Crippen molar-refractivity contribution < 1.29 is 18.3 Å². The van der Waals surface area contributed by atoms with Gasteiger partial charge in [-0.05, 0) is 30.5 Å². The Morgan fingerprint density at radius 3 is 2.00 bits per heavy atom. The first-order valence-corrected chi connectivity index (χ1v) is 5.70. The van der Waals surface area contributed by atoms with Crippen molar-refractivity contribution >= 4 is 15.9 Å². The van der Waals surface area contributed by atoms with Gasteiger partial charge in [-0.2, -0.15) is 13.2 Å². The Kier molecular flexibility index (Phi) is 2.78. The van der Waals surface area contributed by atoms with Gasteiger partial charge in [-0.15, -0.1) is 0 Å². The van der Waals surface area contributed by atoms with Crippen LogP contribution in [0.1, 0.15) is 18.4 Å². The molecular formula is C11H10BrF3O. The fraction of sp³-hybridized carbons (Fsp3) is 0.455. The van der Waals surface area contributed by atoms with Crippen LogP contribution in [-0.2, 0) is 5.60 Å². The van der Waals surface area contributed by atoms with Gasteiger partial charge in [0.15, 0.2) is 5.60 Å². The van der Waals surface area contributed by atoms with Gasteiger partial charge >= 0.3 is 6.18 Å². The number of halogens is 4. The number of aliphatic hydroxyl groups is 1. The maximum atomic E-state index is 12.9. The lowest BCUT2D eigenvalue weighted by Gasteiger charge is -2.31. The van der Waals surface area contributed by atoms with Crippen LogP contribution < -0.4 is 0 Å². The second-order valence-electron chi connectivity index (χ2n) is 4.05. The molecule has 0 heterocycles. The molecule has 0 saturated heterocycles. The van der Waals surface area contributed by atoms with Crippen LogP contribution in [0.4, 0.5) is 13.2 Å². The zero-order valence-electron chi connectivity index (χ0n) is 8.26. The molecule has 0 radical (unpaired) electrons. The summed E-state index contributed by atoms with van der Waals surface area (Å²) >= 11 is 3.15. The lowest BCUT2D eigenvalue weighted by atomic mass is 9.88. The van der Waals surface area contributed by atoms with E-state index in [4.69, 9.17) is 0 Å². The van der Waals surface area contributed by atoms with Gasteiger partial charge in [0.05, 0.1) is 0 Å². The molecule has 1 N–H and O–H groups in total. The van der Waals surface area contributed by atoms with Gasteiger partial charge in [0, 0.05) is 10.4 Å². The monoisotopic (exact) mass is 294 g/mol. The Balaban J connectivity index is 2.43. The third-order valence-electron chi connectivity index (χ3n) is 2.88. The van der Waals surface area contributed by atoms with Gasteiger partial charge in [-0.3, -0.25) is 0 Å². The van der Waals surface area contributed by atoms with Gasteiger partial charge in [0.25, 0.3) is 0 Å². The maximum Gasteiger partial charge on any atom is 0.421 e. The van der Waals surface area contributed by atoms with Gasteiger partial charge in [0.2, 0.25) is 0 Å². The predicted molar refractivity (Wildman–Crippen MR) is 56.8 cm³/mol. The molecule has 1 nitrogen and oxygen atoms in total. The van der Waals surface area contributed by atoms with E-state index in [1.54, 1.807) is 0 Å². The molecule has 5 heteroatoms. The standard InChI is InChI=1S/C11H10BrF3O/c12-9-5-3-8(4-6-9)10(16,7-1-2-7)11(13,14)15/h3-7,16H,1-2H2. The van der Waals surface area contributed by atoms with E-state index in [9.17, 15) is 18.3 Å². The largest absolute Gasteiger partial charge is 0.421 e. The molecule has 0 aliphatic heterocycles. The zero-order chi connectivity index (χ0) is 12.0. The molecule has 0 spiro atoms. The average molecular weight is 295 g/mol. The summed E-state index contributed by atoms with van der Waals surface area (Å²) in [5, 5.41) is 9.91. The molecule has 1 aromatic carbocycles.